The quantitative estimate of drug-likeness (QED) is 0.692. The SMILES string of the molecule is CN(C)C(C)(C)C(N)CC1CC1. The van der Waals surface area contributed by atoms with Crippen molar-refractivity contribution in [2.24, 2.45) is 11.7 Å². The first kappa shape index (κ1) is 10.0. The Kier molecular flexibility index (Phi) is 2.79. The summed E-state index contributed by atoms with van der Waals surface area (Å²) < 4.78 is 0. The molecule has 0 aromatic rings. The van der Waals surface area contributed by atoms with E-state index in [1.807, 2.05) is 0 Å². The van der Waals surface area contributed by atoms with Crippen LogP contribution < -0.4 is 5.73 Å². The van der Waals surface area contributed by atoms with Crippen LogP contribution in [0.4, 0.5) is 0 Å². The normalized spacial score (nSPS) is 21.5. The molecule has 0 aromatic carbocycles. The molecule has 0 aliphatic heterocycles. The molecule has 1 saturated carbocycles. The lowest BCUT2D eigenvalue weighted by molar-refractivity contribution is 0.150. The molecule has 1 rings (SSSR count). The lowest BCUT2D eigenvalue weighted by atomic mass is 9.90. The van der Waals surface area contributed by atoms with Gasteiger partial charge in [-0.25, -0.2) is 0 Å². The Morgan fingerprint density at radius 3 is 2.25 bits per heavy atom. The van der Waals surface area contributed by atoms with Crippen LogP contribution in [0, 0.1) is 5.92 Å². The Hall–Kier alpha value is -0.0800. The third-order valence-corrected chi connectivity index (χ3v) is 3.34. The number of nitrogens with two attached hydrogens (primary N) is 1. The van der Waals surface area contributed by atoms with E-state index in [-0.39, 0.29) is 5.54 Å². The zero-order valence-corrected chi connectivity index (χ0v) is 8.80. The highest BCUT2D eigenvalue weighted by atomic mass is 15.2. The van der Waals surface area contributed by atoms with E-state index < -0.39 is 0 Å². The standard InChI is InChI=1S/C10H22N2/c1-10(2,12(3)4)9(11)7-8-5-6-8/h8-9H,5-7,11H2,1-4H3. The molecule has 1 unspecified atom stereocenters. The summed E-state index contributed by atoms with van der Waals surface area (Å²) in [6, 6.07) is 0.319. The molecule has 0 heterocycles. The third kappa shape index (κ3) is 2.20. The molecule has 1 fully saturated rings. The van der Waals surface area contributed by atoms with Crippen molar-refractivity contribution in [1.82, 2.24) is 4.90 Å². The van der Waals surface area contributed by atoms with Gasteiger partial charge in [0.25, 0.3) is 0 Å². The van der Waals surface area contributed by atoms with Crippen molar-refractivity contribution in [2.45, 2.75) is 44.7 Å². The van der Waals surface area contributed by atoms with Crippen LogP contribution in [0.1, 0.15) is 33.1 Å². The van der Waals surface area contributed by atoms with Gasteiger partial charge in [-0.2, -0.15) is 0 Å². The highest BCUT2D eigenvalue weighted by Crippen LogP contribution is 2.35. The smallest absolute Gasteiger partial charge is 0.0298 e. The maximum absolute atomic E-state index is 6.15. The number of rotatable bonds is 4. The number of hydrogen-bond donors (Lipinski definition) is 1. The van der Waals surface area contributed by atoms with Crippen molar-refractivity contribution in [3.63, 3.8) is 0 Å². The molecule has 2 N–H and O–H groups in total. The molecule has 1 atom stereocenters. The van der Waals surface area contributed by atoms with E-state index in [1.54, 1.807) is 0 Å². The molecule has 0 radical (unpaired) electrons. The summed E-state index contributed by atoms with van der Waals surface area (Å²) in [5.41, 5.74) is 6.29. The van der Waals surface area contributed by atoms with Gasteiger partial charge in [-0.3, -0.25) is 0 Å². The zero-order chi connectivity index (χ0) is 9.35. The van der Waals surface area contributed by atoms with Gasteiger partial charge in [0.1, 0.15) is 0 Å². The molecule has 1 aliphatic carbocycles. The third-order valence-electron chi connectivity index (χ3n) is 3.34. The van der Waals surface area contributed by atoms with Crippen LogP contribution in [-0.4, -0.2) is 30.6 Å². The molecule has 72 valence electrons. The highest BCUT2D eigenvalue weighted by Gasteiger charge is 2.33. The van der Waals surface area contributed by atoms with E-state index in [1.165, 1.54) is 19.3 Å². The number of nitrogens with zero attached hydrogens (tertiary/aromatic N) is 1. The van der Waals surface area contributed by atoms with Crippen LogP contribution in [0.3, 0.4) is 0 Å². The van der Waals surface area contributed by atoms with Gasteiger partial charge in [0.05, 0.1) is 0 Å². The van der Waals surface area contributed by atoms with Gasteiger partial charge < -0.3 is 10.6 Å². The average Bonchev–Trinajstić information content (AvgIpc) is 2.71. The van der Waals surface area contributed by atoms with Crippen LogP contribution in [0.2, 0.25) is 0 Å². The van der Waals surface area contributed by atoms with Gasteiger partial charge in [-0.15, -0.1) is 0 Å². The van der Waals surface area contributed by atoms with Crippen LogP contribution in [0.15, 0.2) is 0 Å². The molecule has 0 aromatic heterocycles. The van der Waals surface area contributed by atoms with E-state index in [2.05, 4.69) is 32.8 Å². The first-order chi connectivity index (χ1) is 5.44. The minimum atomic E-state index is 0.141. The van der Waals surface area contributed by atoms with Gasteiger partial charge >= 0.3 is 0 Å². The second-order valence-corrected chi connectivity index (χ2v) is 4.83. The monoisotopic (exact) mass is 170 g/mol. The molecule has 0 saturated heterocycles. The first-order valence-electron chi connectivity index (χ1n) is 4.87. The van der Waals surface area contributed by atoms with Crippen molar-refractivity contribution in [1.29, 1.82) is 0 Å². The molecule has 1 aliphatic rings. The summed E-state index contributed by atoms with van der Waals surface area (Å²) >= 11 is 0. The van der Waals surface area contributed by atoms with Gasteiger partial charge in [-0.05, 0) is 40.3 Å². The molecule has 0 spiro atoms. The van der Waals surface area contributed by atoms with Crippen molar-refractivity contribution >= 4 is 0 Å². The van der Waals surface area contributed by atoms with Crippen LogP contribution in [0.25, 0.3) is 0 Å². The van der Waals surface area contributed by atoms with Crippen molar-refractivity contribution in [3.05, 3.63) is 0 Å². The van der Waals surface area contributed by atoms with Gasteiger partial charge in [0.15, 0.2) is 0 Å². The molecular formula is C10H22N2. The number of likely N-dealkylation sites (N-methyl/N-ethyl adjacent to an activating group) is 1. The Morgan fingerprint density at radius 2 is 1.92 bits per heavy atom. The van der Waals surface area contributed by atoms with E-state index >= 15 is 0 Å². The second kappa shape index (κ2) is 3.35. The van der Waals surface area contributed by atoms with Crippen LogP contribution in [0.5, 0.6) is 0 Å². The largest absolute Gasteiger partial charge is 0.326 e. The van der Waals surface area contributed by atoms with Crippen LogP contribution in [-0.2, 0) is 0 Å². The lowest BCUT2D eigenvalue weighted by Gasteiger charge is -2.38. The fourth-order valence-corrected chi connectivity index (χ4v) is 1.33. The maximum Gasteiger partial charge on any atom is 0.0298 e. The minimum absolute atomic E-state index is 0.141. The topological polar surface area (TPSA) is 29.3 Å². The fraction of sp³-hybridized carbons (Fsp3) is 1.00. The number of hydrogen-bond acceptors (Lipinski definition) is 2. The highest BCUT2D eigenvalue weighted by molar-refractivity contribution is 4.92. The predicted molar refractivity (Wildman–Crippen MR) is 53.1 cm³/mol. The van der Waals surface area contributed by atoms with Gasteiger partial charge in [-0.1, -0.05) is 12.8 Å². The molecule has 2 nitrogen and oxygen atoms in total. The first-order valence-corrected chi connectivity index (χ1v) is 4.87. The Balaban J connectivity index is 2.41. The summed E-state index contributed by atoms with van der Waals surface area (Å²) in [6.07, 6.45) is 4.00. The van der Waals surface area contributed by atoms with Gasteiger partial charge in [0.2, 0.25) is 0 Å². The molecule has 12 heavy (non-hydrogen) atoms. The summed E-state index contributed by atoms with van der Waals surface area (Å²) in [4.78, 5) is 2.22. The van der Waals surface area contributed by atoms with Crippen molar-refractivity contribution in [3.8, 4) is 0 Å². The van der Waals surface area contributed by atoms with E-state index in [0.717, 1.165) is 5.92 Å². The molecule has 0 bridgehead atoms. The summed E-state index contributed by atoms with van der Waals surface area (Å²) in [5, 5.41) is 0. The zero-order valence-electron chi connectivity index (χ0n) is 8.80. The van der Waals surface area contributed by atoms with Gasteiger partial charge in [0, 0.05) is 11.6 Å². The lowest BCUT2D eigenvalue weighted by Crippen LogP contribution is -2.53. The summed E-state index contributed by atoms with van der Waals surface area (Å²) in [5.74, 6) is 0.930. The minimum Gasteiger partial charge on any atom is -0.326 e. The maximum atomic E-state index is 6.15. The molecule has 0 amide bonds. The molecule has 2 heteroatoms. The summed E-state index contributed by atoms with van der Waals surface area (Å²) in [6.45, 7) is 4.44. The Labute approximate surface area is 76.1 Å². The average molecular weight is 170 g/mol. The van der Waals surface area contributed by atoms with E-state index in [0.29, 0.717) is 6.04 Å². The second-order valence-electron chi connectivity index (χ2n) is 4.83. The van der Waals surface area contributed by atoms with Crippen LogP contribution >= 0.6 is 0 Å². The Morgan fingerprint density at radius 1 is 1.42 bits per heavy atom. The summed E-state index contributed by atoms with van der Waals surface area (Å²) in [7, 11) is 4.21. The molecular weight excluding hydrogens is 148 g/mol. The van der Waals surface area contributed by atoms with E-state index in [4.69, 9.17) is 5.73 Å². The van der Waals surface area contributed by atoms with Crippen molar-refractivity contribution in [2.75, 3.05) is 14.1 Å². The fourth-order valence-electron chi connectivity index (χ4n) is 1.33. The predicted octanol–water partition coefficient (Wildman–Crippen LogP) is 1.45. The Bertz CT molecular complexity index is 148. The van der Waals surface area contributed by atoms with E-state index in [9.17, 15) is 0 Å². The van der Waals surface area contributed by atoms with Crippen molar-refractivity contribution < 1.29 is 0 Å².